The zero-order valence-electron chi connectivity index (χ0n) is 10.9. The second-order valence-electron chi connectivity index (χ2n) is 5.11. The number of fused-ring (bicyclic) bond motifs is 1. The number of halogens is 2. The Hall–Kier alpha value is -1.18. The lowest BCUT2D eigenvalue weighted by molar-refractivity contribution is 0.824. The highest BCUT2D eigenvalue weighted by atomic mass is 35.5. The van der Waals surface area contributed by atoms with Crippen LogP contribution in [0.5, 0.6) is 0 Å². The molecule has 3 rings (SSSR count). The van der Waals surface area contributed by atoms with Crippen LogP contribution in [-0.2, 0) is 6.42 Å². The van der Waals surface area contributed by atoms with Gasteiger partial charge in [-0.1, -0.05) is 41.4 Å². The van der Waals surface area contributed by atoms with E-state index in [1.807, 2.05) is 12.1 Å². The minimum atomic E-state index is 0.236. The van der Waals surface area contributed by atoms with E-state index in [9.17, 15) is 0 Å². The minimum absolute atomic E-state index is 0.236. The number of hydrogen-bond donors (Lipinski definition) is 1. The Morgan fingerprint density at radius 3 is 2.63 bits per heavy atom. The molecule has 0 bridgehead atoms. The molecule has 1 unspecified atom stereocenters. The van der Waals surface area contributed by atoms with Gasteiger partial charge in [-0.25, -0.2) is 0 Å². The number of benzene rings is 2. The summed E-state index contributed by atoms with van der Waals surface area (Å²) in [5, 5.41) is 5.00. The number of anilines is 1. The normalized spacial score (nSPS) is 17.2. The first kappa shape index (κ1) is 12.8. The average molecular weight is 292 g/mol. The SMILES string of the molecule is Cc1ccc2c(c1C)NC(c1ccc(Cl)cc1Cl)C2. The van der Waals surface area contributed by atoms with Crippen molar-refractivity contribution in [1.29, 1.82) is 0 Å². The van der Waals surface area contributed by atoms with Gasteiger partial charge in [0.15, 0.2) is 0 Å². The maximum Gasteiger partial charge on any atom is 0.0569 e. The molecule has 0 amide bonds. The molecule has 0 spiro atoms. The highest BCUT2D eigenvalue weighted by molar-refractivity contribution is 6.35. The Balaban J connectivity index is 1.97. The summed E-state index contributed by atoms with van der Waals surface area (Å²) in [7, 11) is 0. The summed E-state index contributed by atoms with van der Waals surface area (Å²) in [6, 6.07) is 10.3. The largest absolute Gasteiger partial charge is 0.377 e. The Morgan fingerprint density at radius 1 is 1.11 bits per heavy atom. The molecule has 1 nitrogen and oxygen atoms in total. The van der Waals surface area contributed by atoms with E-state index in [1.165, 1.54) is 22.4 Å². The van der Waals surface area contributed by atoms with Crippen LogP contribution in [0.25, 0.3) is 0 Å². The summed E-state index contributed by atoms with van der Waals surface area (Å²) in [5.41, 5.74) is 6.37. The molecule has 0 saturated heterocycles. The summed E-state index contributed by atoms with van der Waals surface area (Å²) in [4.78, 5) is 0. The number of aryl methyl sites for hydroxylation is 1. The summed E-state index contributed by atoms with van der Waals surface area (Å²) >= 11 is 12.3. The van der Waals surface area contributed by atoms with Crippen LogP contribution in [0.15, 0.2) is 30.3 Å². The van der Waals surface area contributed by atoms with Gasteiger partial charge in [0, 0.05) is 15.7 Å². The second-order valence-corrected chi connectivity index (χ2v) is 5.95. The first-order chi connectivity index (χ1) is 9.06. The van der Waals surface area contributed by atoms with Crippen LogP contribution in [-0.4, -0.2) is 0 Å². The molecule has 0 radical (unpaired) electrons. The topological polar surface area (TPSA) is 12.0 Å². The van der Waals surface area contributed by atoms with Gasteiger partial charge in [0.2, 0.25) is 0 Å². The zero-order valence-corrected chi connectivity index (χ0v) is 12.4. The maximum atomic E-state index is 6.30. The fourth-order valence-electron chi connectivity index (χ4n) is 2.66. The lowest BCUT2D eigenvalue weighted by Crippen LogP contribution is -2.06. The van der Waals surface area contributed by atoms with E-state index in [2.05, 4.69) is 31.3 Å². The van der Waals surface area contributed by atoms with Gasteiger partial charge in [-0.3, -0.25) is 0 Å². The van der Waals surface area contributed by atoms with Crippen molar-refractivity contribution in [2.45, 2.75) is 26.3 Å². The Bertz CT molecular complexity index is 649. The summed E-state index contributed by atoms with van der Waals surface area (Å²) < 4.78 is 0. The van der Waals surface area contributed by atoms with Gasteiger partial charge in [0.05, 0.1) is 6.04 Å². The van der Waals surface area contributed by atoms with Crippen molar-refractivity contribution >= 4 is 28.9 Å². The molecule has 3 heteroatoms. The van der Waals surface area contributed by atoms with Crippen LogP contribution in [0.2, 0.25) is 10.0 Å². The van der Waals surface area contributed by atoms with Crippen LogP contribution in [0.3, 0.4) is 0 Å². The molecular formula is C16H15Cl2N. The molecule has 1 heterocycles. The molecule has 0 aliphatic carbocycles. The van der Waals surface area contributed by atoms with Gasteiger partial charge < -0.3 is 5.32 Å². The molecular weight excluding hydrogens is 277 g/mol. The van der Waals surface area contributed by atoms with E-state index in [0.717, 1.165) is 17.0 Å². The van der Waals surface area contributed by atoms with Gasteiger partial charge >= 0.3 is 0 Å². The molecule has 19 heavy (non-hydrogen) atoms. The van der Waals surface area contributed by atoms with Crippen molar-refractivity contribution in [2.24, 2.45) is 0 Å². The van der Waals surface area contributed by atoms with Crippen molar-refractivity contribution in [3.05, 3.63) is 62.6 Å². The van der Waals surface area contributed by atoms with Crippen molar-refractivity contribution in [1.82, 2.24) is 0 Å². The van der Waals surface area contributed by atoms with Crippen LogP contribution in [0, 0.1) is 13.8 Å². The molecule has 1 atom stereocenters. The highest BCUT2D eigenvalue weighted by Gasteiger charge is 2.25. The third kappa shape index (κ3) is 2.22. The molecule has 0 fully saturated rings. The number of rotatable bonds is 1. The zero-order chi connectivity index (χ0) is 13.6. The lowest BCUT2D eigenvalue weighted by Gasteiger charge is -2.14. The summed E-state index contributed by atoms with van der Waals surface area (Å²) in [6.07, 6.45) is 0.970. The van der Waals surface area contributed by atoms with Gasteiger partial charge in [-0.05, 0) is 54.7 Å². The highest BCUT2D eigenvalue weighted by Crippen LogP contribution is 2.39. The monoisotopic (exact) mass is 291 g/mol. The van der Waals surface area contributed by atoms with Gasteiger partial charge in [-0.2, -0.15) is 0 Å². The lowest BCUT2D eigenvalue weighted by atomic mass is 10.0. The van der Waals surface area contributed by atoms with E-state index >= 15 is 0 Å². The molecule has 0 aromatic heterocycles. The average Bonchev–Trinajstić information content (AvgIpc) is 2.78. The van der Waals surface area contributed by atoms with Crippen LogP contribution in [0.4, 0.5) is 5.69 Å². The quantitative estimate of drug-likeness (QED) is 0.750. The fourth-order valence-corrected chi connectivity index (χ4v) is 3.20. The van der Waals surface area contributed by atoms with Crippen molar-refractivity contribution in [2.75, 3.05) is 5.32 Å². The number of nitrogens with one attached hydrogen (secondary N) is 1. The Labute approximate surface area is 123 Å². The molecule has 2 aromatic rings. The molecule has 1 aliphatic heterocycles. The smallest absolute Gasteiger partial charge is 0.0569 e. The molecule has 2 aromatic carbocycles. The standard InChI is InChI=1S/C16H15Cl2N/c1-9-3-4-11-7-15(19-16(11)10(9)2)13-6-5-12(17)8-14(13)18/h3-6,8,15,19H,7H2,1-2H3. The molecule has 1 N–H and O–H groups in total. The third-order valence-corrected chi connectivity index (χ3v) is 4.47. The van der Waals surface area contributed by atoms with E-state index in [-0.39, 0.29) is 6.04 Å². The van der Waals surface area contributed by atoms with E-state index in [1.54, 1.807) is 6.07 Å². The Morgan fingerprint density at radius 2 is 1.89 bits per heavy atom. The maximum absolute atomic E-state index is 6.30. The van der Waals surface area contributed by atoms with Gasteiger partial charge in [0.25, 0.3) is 0 Å². The summed E-state index contributed by atoms with van der Waals surface area (Å²) in [5.74, 6) is 0. The van der Waals surface area contributed by atoms with E-state index < -0.39 is 0 Å². The van der Waals surface area contributed by atoms with E-state index in [0.29, 0.717) is 5.02 Å². The summed E-state index contributed by atoms with van der Waals surface area (Å²) in [6.45, 7) is 4.30. The molecule has 98 valence electrons. The third-order valence-electron chi connectivity index (χ3n) is 3.90. The Kier molecular flexibility index (Phi) is 3.20. The second kappa shape index (κ2) is 4.73. The molecule has 1 aliphatic rings. The van der Waals surface area contributed by atoms with Crippen LogP contribution < -0.4 is 5.32 Å². The first-order valence-corrected chi connectivity index (χ1v) is 7.12. The molecule has 0 saturated carbocycles. The number of hydrogen-bond acceptors (Lipinski definition) is 1. The predicted octanol–water partition coefficient (Wildman–Crippen LogP) is 5.32. The van der Waals surface area contributed by atoms with Crippen molar-refractivity contribution in [3.8, 4) is 0 Å². The first-order valence-electron chi connectivity index (χ1n) is 6.37. The van der Waals surface area contributed by atoms with Crippen molar-refractivity contribution in [3.63, 3.8) is 0 Å². The van der Waals surface area contributed by atoms with Crippen molar-refractivity contribution < 1.29 is 0 Å². The van der Waals surface area contributed by atoms with Crippen LogP contribution >= 0.6 is 23.2 Å². The minimum Gasteiger partial charge on any atom is -0.377 e. The van der Waals surface area contributed by atoms with E-state index in [4.69, 9.17) is 23.2 Å². The predicted molar refractivity (Wildman–Crippen MR) is 82.4 cm³/mol. The fraction of sp³-hybridized carbons (Fsp3) is 0.250. The van der Waals surface area contributed by atoms with Gasteiger partial charge in [-0.15, -0.1) is 0 Å². The van der Waals surface area contributed by atoms with Gasteiger partial charge in [0.1, 0.15) is 0 Å². The van der Waals surface area contributed by atoms with Crippen LogP contribution in [0.1, 0.15) is 28.3 Å².